The number of hydrogen-bond acceptors (Lipinski definition) is 3. The highest BCUT2D eigenvalue weighted by Gasteiger charge is 2.57. The molecule has 4 atom stereocenters. The summed E-state index contributed by atoms with van der Waals surface area (Å²) < 4.78 is 5.99. The molecule has 2 N–H and O–H groups in total. The normalized spacial score (nSPS) is 35.8. The third kappa shape index (κ3) is 3.06. The summed E-state index contributed by atoms with van der Waals surface area (Å²) >= 11 is 0. The molecule has 5 heteroatoms. The standard InChI is InChI=1S/C18H30N4O/c1-3-23-16-11-15(18(16)9-4-5-10-18)22-17(20-2)21-14-8-6-7-13(14)12-19/h13-16H,3-11H2,1-2H3,(H2,20,21,22). The molecule has 0 bridgehead atoms. The van der Waals surface area contributed by atoms with Crippen LogP contribution in [0.3, 0.4) is 0 Å². The topological polar surface area (TPSA) is 69.4 Å². The van der Waals surface area contributed by atoms with Crippen molar-refractivity contribution in [3.63, 3.8) is 0 Å². The van der Waals surface area contributed by atoms with Crippen molar-refractivity contribution in [1.29, 1.82) is 5.26 Å². The van der Waals surface area contributed by atoms with E-state index in [0.717, 1.165) is 38.2 Å². The minimum atomic E-state index is 0.117. The number of nitrogens with zero attached hydrogens (tertiary/aromatic N) is 2. The summed E-state index contributed by atoms with van der Waals surface area (Å²) in [6.45, 7) is 2.89. The summed E-state index contributed by atoms with van der Waals surface area (Å²) in [5.74, 6) is 0.981. The van der Waals surface area contributed by atoms with Crippen molar-refractivity contribution in [3.8, 4) is 6.07 Å². The second kappa shape index (κ2) is 7.09. The Kier molecular flexibility index (Phi) is 5.11. The number of ether oxygens (including phenoxy) is 1. The zero-order chi connectivity index (χ0) is 16.3. The lowest BCUT2D eigenvalue weighted by atomic mass is 9.60. The molecule has 23 heavy (non-hydrogen) atoms. The minimum Gasteiger partial charge on any atom is -0.378 e. The predicted molar refractivity (Wildman–Crippen MR) is 91.1 cm³/mol. The van der Waals surface area contributed by atoms with Crippen molar-refractivity contribution in [3.05, 3.63) is 0 Å². The summed E-state index contributed by atoms with van der Waals surface area (Å²) in [4.78, 5) is 4.41. The molecule has 5 nitrogen and oxygen atoms in total. The Hall–Kier alpha value is -1.28. The van der Waals surface area contributed by atoms with Crippen molar-refractivity contribution in [2.24, 2.45) is 16.3 Å². The highest BCUT2D eigenvalue weighted by molar-refractivity contribution is 5.80. The summed E-state index contributed by atoms with van der Waals surface area (Å²) in [7, 11) is 1.83. The monoisotopic (exact) mass is 318 g/mol. The number of hydrogen-bond donors (Lipinski definition) is 2. The van der Waals surface area contributed by atoms with Crippen molar-refractivity contribution in [1.82, 2.24) is 10.6 Å². The summed E-state index contributed by atoms with van der Waals surface area (Å²) in [5, 5.41) is 16.4. The molecule has 0 aromatic carbocycles. The van der Waals surface area contributed by atoms with Gasteiger partial charge in [0.05, 0.1) is 18.1 Å². The molecular weight excluding hydrogens is 288 g/mol. The molecule has 3 fully saturated rings. The lowest BCUT2D eigenvalue weighted by Gasteiger charge is -2.54. The van der Waals surface area contributed by atoms with E-state index >= 15 is 0 Å². The predicted octanol–water partition coefficient (Wildman–Crippen LogP) is 2.58. The van der Waals surface area contributed by atoms with Gasteiger partial charge < -0.3 is 15.4 Å². The highest BCUT2D eigenvalue weighted by Crippen LogP contribution is 2.54. The quantitative estimate of drug-likeness (QED) is 0.617. The number of guanidine groups is 1. The van der Waals surface area contributed by atoms with E-state index in [2.05, 4.69) is 28.6 Å². The van der Waals surface area contributed by atoms with E-state index < -0.39 is 0 Å². The second-order valence-electron chi connectivity index (χ2n) is 7.31. The van der Waals surface area contributed by atoms with Gasteiger partial charge in [-0.3, -0.25) is 4.99 Å². The smallest absolute Gasteiger partial charge is 0.191 e. The van der Waals surface area contributed by atoms with E-state index in [1.54, 1.807) is 0 Å². The molecule has 0 saturated heterocycles. The first-order chi connectivity index (χ1) is 11.2. The number of rotatable bonds is 4. The van der Waals surface area contributed by atoms with Crippen LogP contribution in [-0.2, 0) is 4.74 Å². The van der Waals surface area contributed by atoms with Gasteiger partial charge in [0.1, 0.15) is 0 Å². The van der Waals surface area contributed by atoms with Crippen molar-refractivity contribution in [2.45, 2.75) is 76.5 Å². The van der Waals surface area contributed by atoms with Crippen molar-refractivity contribution in [2.75, 3.05) is 13.7 Å². The van der Waals surface area contributed by atoms with Crippen LogP contribution in [0.25, 0.3) is 0 Å². The van der Waals surface area contributed by atoms with Gasteiger partial charge in [-0.1, -0.05) is 12.8 Å². The molecule has 128 valence electrons. The number of nitriles is 1. The zero-order valence-corrected chi connectivity index (χ0v) is 14.5. The maximum atomic E-state index is 9.26. The Bertz CT molecular complexity index is 478. The van der Waals surface area contributed by atoms with Gasteiger partial charge in [-0.15, -0.1) is 0 Å². The maximum absolute atomic E-state index is 9.26. The Labute approximate surface area is 139 Å². The van der Waals surface area contributed by atoms with Crippen LogP contribution >= 0.6 is 0 Å². The average molecular weight is 318 g/mol. The molecule has 3 aliphatic rings. The summed E-state index contributed by atoms with van der Waals surface area (Å²) in [6.07, 6.45) is 9.82. The Morgan fingerprint density at radius 3 is 2.70 bits per heavy atom. The first-order valence-electron chi connectivity index (χ1n) is 9.24. The lowest BCUT2D eigenvalue weighted by Crippen LogP contribution is -2.65. The number of aliphatic imine (C=N–C) groups is 1. The van der Waals surface area contributed by atoms with Crippen molar-refractivity contribution < 1.29 is 4.74 Å². The van der Waals surface area contributed by atoms with E-state index in [0.29, 0.717) is 17.6 Å². The molecular formula is C18H30N4O. The van der Waals surface area contributed by atoms with Crippen LogP contribution in [0.4, 0.5) is 0 Å². The Morgan fingerprint density at radius 1 is 1.26 bits per heavy atom. The van der Waals surface area contributed by atoms with Gasteiger partial charge in [-0.2, -0.15) is 5.26 Å². The fraction of sp³-hybridized carbons (Fsp3) is 0.889. The van der Waals surface area contributed by atoms with Crippen LogP contribution in [0.2, 0.25) is 0 Å². The second-order valence-corrected chi connectivity index (χ2v) is 7.31. The first-order valence-corrected chi connectivity index (χ1v) is 9.24. The molecule has 1 spiro atoms. The zero-order valence-electron chi connectivity index (χ0n) is 14.5. The van der Waals surface area contributed by atoms with Gasteiger partial charge in [-0.25, -0.2) is 0 Å². The Morgan fingerprint density at radius 2 is 2.04 bits per heavy atom. The minimum absolute atomic E-state index is 0.117. The highest BCUT2D eigenvalue weighted by atomic mass is 16.5. The molecule has 0 radical (unpaired) electrons. The first kappa shape index (κ1) is 16.6. The maximum Gasteiger partial charge on any atom is 0.191 e. The van der Waals surface area contributed by atoms with E-state index in [1.165, 1.54) is 25.7 Å². The fourth-order valence-electron chi connectivity index (χ4n) is 4.89. The van der Waals surface area contributed by atoms with Gasteiger partial charge in [0.15, 0.2) is 5.96 Å². The molecule has 3 aliphatic carbocycles. The fourth-order valence-corrected chi connectivity index (χ4v) is 4.89. The molecule has 4 unspecified atom stereocenters. The van der Waals surface area contributed by atoms with Gasteiger partial charge in [0.2, 0.25) is 0 Å². The number of nitrogens with one attached hydrogen (secondary N) is 2. The van der Waals surface area contributed by atoms with Crippen LogP contribution in [0.15, 0.2) is 4.99 Å². The molecule has 0 aromatic rings. The van der Waals surface area contributed by atoms with E-state index in [4.69, 9.17) is 4.74 Å². The Balaban J connectivity index is 1.60. The van der Waals surface area contributed by atoms with Gasteiger partial charge >= 0.3 is 0 Å². The third-order valence-corrected chi connectivity index (χ3v) is 6.23. The van der Waals surface area contributed by atoms with Gasteiger partial charge in [0, 0.05) is 31.2 Å². The average Bonchev–Trinajstić information content (AvgIpc) is 3.23. The van der Waals surface area contributed by atoms with Gasteiger partial charge in [0.25, 0.3) is 0 Å². The molecule has 0 aliphatic heterocycles. The molecule has 0 heterocycles. The largest absolute Gasteiger partial charge is 0.378 e. The van der Waals surface area contributed by atoms with E-state index in [1.807, 2.05) is 7.05 Å². The molecule has 3 saturated carbocycles. The third-order valence-electron chi connectivity index (χ3n) is 6.23. The van der Waals surface area contributed by atoms with Crippen LogP contribution < -0.4 is 10.6 Å². The van der Waals surface area contributed by atoms with Crippen molar-refractivity contribution >= 4 is 5.96 Å². The summed E-state index contributed by atoms with van der Waals surface area (Å²) in [5.41, 5.74) is 0.304. The van der Waals surface area contributed by atoms with E-state index in [9.17, 15) is 5.26 Å². The molecule has 0 aromatic heterocycles. The van der Waals surface area contributed by atoms with Gasteiger partial charge in [-0.05, 0) is 45.4 Å². The molecule has 3 rings (SSSR count). The summed E-state index contributed by atoms with van der Waals surface area (Å²) in [6, 6.07) is 3.13. The molecule has 0 amide bonds. The van der Waals surface area contributed by atoms with Crippen LogP contribution in [-0.4, -0.2) is 37.8 Å². The SMILES string of the molecule is CCOC1CC(NC(=NC)NC2CCCC2C#N)C12CCCC2. The van der Waals surface area contributed by atoms with Crippen LogP contribution in [0.1, 0.15) is 58.3 Å². The van der Waals surface area contributed by atoms with Crippen LogP contribution in [0.5, 0.6) is 0 Å². The lowest BCUT2D eigenvalue weighted by molar-refractivity contribution is -0.125. The van der Waals surface area contributed by atoms with E-state index in [-0.39, 0.29) is 12.0 Å². The van der Waals surface area contributed by atoms with Crippen LogP contribution in [0, 0.1) is 22.7 Å².